The van der Waals surface area contributed by atoms with Gasteiger partial charge in [0.25, 0.3) is 0 Å². The molecule has 130 valence electrons. The van der Waals surface area contributed by atoms with Crippen LogP contribution in [0.25, 0.3) is 0 Å². The Morgan fingerprint density at radius 2 is 1.84 bits per heavy atom. The van der Waals surface area contributed by atoms with Crippen molar-refractivity contribution in [3.8, 4) is 0 Å². The molecule has 0 aliphatic carbocycles. The van der Waals surface area contributed by atoms with Gasteiger partial charge in [-0.05, 0) is 61.9 Å². The van der Waals surface area contributed by atoms with Crippen molar-refractivity contribution in [3.63, 3.8) is 0 Å². The second kappa shape index (κ2) is 8.54. The van der Waals surface area contributed by atoms with Gasteiger partial charge in [0.2, 0.25) is 0 Å². The zero-order chi connectivity index (χ0) is 17.6. The number of aliphatic imine (C=N–C) groups is 1. The molecule has 1 fully saturated rings. The molecule has 5 heteroatoms. The lowest BCUT2D eigenvalue weighted by Crippen LogP contribution is -2.47. The van der Waals surface area contributed by atoms with Crippen molar-refractivity contribution in [2.75, 3.05) is 12.8 Å². The molecule has 1 atom stereocenters. The lowest BCUT2D eigenvalue weighted by molar-refractivity contribution is 0.0854. The number of amidine groups is 1. The molecule has 1 aliphatic rings. The summed E-state index contributed by atoms with van der Waals surface area (Å²) < 4.78 is 0. The Kier molecular flexibility index (Phi) is 6.16. The van der Waals surface area contributed by atoms with Crippen LogP contribution < -0.4 is 0 Å². The summed E-state index contributed by atoms with van der Waals surface area (Å²) in [4.78, 5) is 20.0. The Balaban J connectivity index is 1.88. The average molecular weight is 373 g/mol. The Morgan fingerprint density at radius 1 is 1.12 bits per heavy atom. The van der Waals surface area contributed by atoms with E-state index in [1.807, 2.05) is 48.7 Å². The number of piperidine rings is 1. The quantitative estimate of drug-likeness (QED) is 0.409. The summed E-state index contributed by atoms with van der Waals surface area (Å²) >= 11 is 7.54. The van der Waals surface area contributed by atoms with Crippen molar-refractivity contribution in [1.82, 2.24) is 4.90 Å². The third kappa shape index (κ3) is 4.44. The largest absolute Gasteiger partial charge is 0.341 e. The SMILES string of the molecule is CSC(=Nc1ccccc1)N1CCCCC1C(=O)c1ccc(Cl)cc1. The van der Waals surface area contributed by atoms with Crippen molar-refractivity contribution in [1.29, 1.82) is 0 Å². The second-order valence-electron chi connectivity index (χ2n) is 6.01. The third-order valence-electron chi connectivity index (χ3n) is 4.34. The Bertz CT molecular complexity index is 746. The fraction of sp³-hybridized carbons (Fsp3) is 0.300. The number of likely N-dealkylation sites (tertiary alicyclic amines) is 1. The molecule has 0 radical (unpaired) electrons. The maximum Gasteiger partial charge on any atom is 0.185 e. The van der Waals surface area contributed by atoms with Crippen LogP contribution >= 0.6 is 23.4 Å². The zero-order valence-electron chi connectivity index (χ0n) is 14.2. The average Bonchev–Trinajstić information content (AvgIpc) is 2.67. The summed E-state index contributed by atoms with van der Waals surface area (Å²) in [6.45, 7) is 0.858. The first-order valence-electron chi connectivity index (χ1n) is 8.43. The van der Waals surface area contributed by atoms with Crippen molar-refractivity contribution in [2.45, 2.75) is 25.3 Å². The Hall–Kier alpha value is -1.78. The summed E-state index contributed by atoms with van der Waals surface area (Å²) in [6, 6.07) is 16.9. The van der Waals surface area contributed by atoms with Crippen LogP contribution in [0.15, 0.2) is 59.6 Å². The van der Waals surface area contributed by atoms with E-state index in [0.717, 1.165) is 36.7 Å². The highest BCUT2D eigenvalue weighted by Gasteiger charge is 2.31. The number of para-hydroxylation sites is 1. The molecule has 3 nitrogen and oxygen atoms in total. The van der Waals surface area contributed by atoms with Gasteiger partial charge in [-0.1, -0.05) is 41.6 Å². The summed E-state index contributed by atoms with van der Waals surface area (Å²) in [7, 11) is 0. The van der Waals surface area contributed by atoms with Crippen LogP contribution in [0, 0.1) is 0 Å². The van der Waals surface area contributed by atoms with Crippen molar-refractivity contribution >= 4 is 40.0 Å². The van der Waals surface area contributed by atoms with E-state index in [2.05, 4.69) is 4.90 Å². The number of nitrogens with zero attached hydrogens (tertiary/aromatic N) is 2. The first-order chi connectivity index (χ1) is 12.2. The van der Waals surface area contributed by atoms with Crippen LogP contribution in [-0.4, -0.2) is 34.7 Å². The minimum Gasteiger partial charge on any atom is -0.341 e. The van der Waals surface area contributed by atoms with Crippen LogP contribution in [0.2, 0.25) is 5.02 Å². The van der Waals surface area contributed by atoms with Gasteiger partial charge >= 0.3 is 0 Å². The summed E-state index contributed by atoms with van der Waals surface area (Å²) in [5.41, 5.74) is 1.62. The normalized spacial score (nSPS) is 18.2. The van der Waals surface area contributed by atoms with Crippen LogP contribution in [0.1, 0.15) is 29.6 Å². The Morgan fingerprint density at radius 3 is 2.52 bits per heavy atom. The molecule has 0 N–H and O–H groups in total. The third-order valence-corrected chi connectivity index (χ3v) is 5.29. The highest BCUT2D eigenvalue weighted by molar-refractivity contribution is 8.13. The predicted molar refractivity (Wildman–Crippen MR) is 107 cm³/mol. The molecule has 0 bridgehead atoms. The number of ketones is 1. The lowest BCUT2D eigenvalue weighted by Gasteiger charge is -2.36. The van der Waals surface area contributed by atoms with Gasteiger partial charge in [0, 0.05) is 17.1 Å². The molecule has 0 amide bonds. The molecule has 1 saturated heterocycles. The number of halogens is 1. The number of carbonyl (C=O) groups excluding carboxylic acids is 1. The fourth-order valence-electron chi connectivity index (χ4n) is 3.08. The molecule has 1 unspecified atom stereocenters. The van der Waals surface area contributed by atoms with Crippen LogP contribution in [0.3, 0.4) is 0 Å². The summed E-state index contributed by atoms with van der Waals surface area (Å²) in [6.07, 6.45) is 5.02. The molecule has 1 aliphatic heterocycles. The van der Waals surface area contributed by atoms with Gasteiger partial charge in [0.15, 0.2) is 11.0 Å². The molecule has 1 heterocycles. The van der Waals surface area contributed by atoms with Gasteiger partial charge in [-0.3, -0.25) is 4.79 Å². The highest BCUT2D eigenvalue weighted by atomic mass is 35.5. The van der Waals surface area contributed by atoms with Crippen LogP contribution in [-0.2, 0) is 0 Å². The fourth-order valence-corrected chi connectivity index (χ4v) is 3.86. The zero-order valence-corrected chi connectivity index (χ0v) is 15.8. The van der Waals surface area contributed by atoms with Gasteiger partial charge in [0.05, 0.1) is 11.7 Å². The lowest BCUT2D eigenvalue weighted by atomic mass is 9.95. The second-order valence-corrected chi connectivity index (χ2v) is 7.22. The van der Waals surface area contributed by atoms with Crippen molar-refractivity contribution in [2.24, 2.45) is 4.99 Å². The number of Topliss-reactive ketones (excluding diaryl/α,β-unsaturated/α-hetero) is 1. The smallest absolute Gasteiger partial charge is 0.185 e. The van der Waals surface area contributed by atoms with Crippen molar-refractivity contribution < 1.29 is 4.79 Å². The van der Waals surface area contributed by atoms with Gasteiger partial charge in [-0.2, -0.15) is 0 Å². The number of thioether (sulfide) groups is 1. The molecular weight excluding hydrogens is 352 g/mol. The predicted octanol–water partition coefficient (Wildman–Crippen LogP) is 5.43. The van der Waals surface area contributed by atoms with E-state index in [1.54, 1.807) is 23.9 Å². The molecule has 2 aromatic carbocycles. The van der Waals surface area contributed by atoms with Gasteiger partial charge in [-0.15, -0.1) is 0 Å². The standard InChI is InChI=1S/C20H21ClN2OS/c1-25-20(22-17-7-3-2-4-8-17)23-14-6-5-9-18(23)19(24)15-10-12-16(21)13-11-15/h2-4,7-8,10-13,18H,5-6,9,14H2,1H3. The number of hydrogen-bond acceptors (Lipinski definition) is 3. The van der Waals surface area contributed by atoms with E-state index >= 15 is 0 Å². The molecule has 0 spiro atoms. The van der Waals surface area contributed by atoms with Gasteiger partial charge < -0.3 is 4.90 Å². The molecule has 0 saturated carbocycles. The Labute approximate surface area is 158 Å². The number of benzene rings is 2. The molecule has 3 rings (SSSR count). The van der Waals surface area contributed by atoms with Gasteiger partial charge in [0.1, 0.15) is 0 Å². The van der Waals surface area contributed by atoms with E-state index in [9.17, 15) is 4.79 Å². The van der Waals surface area contributed by atoms with Gasteiger partial charge in [-0.25, -0.2) is 4.99 Å². The topological polar surface area (TPSA) is 32.7 Å². The van der Waals surface area contributed by atoms with Crippen LogP contribution in [0.4, 0.5) is 5.69 Å². The van der Waals surface area contributed by atoms with Crippen molar-refractivity contribution in [3.05, 3.63) is 65.2 Å². The molecule has 0 aromatic heterocycles. The van der Waals surface area contributed by atoms with E-state index in [4.69, 9.17) is 16.6 Å². The molecule has 2 aromatic rings. The first kappa shape index (κ1) is 18.0. The minimum absolute atomic E-state index is 0.145. The van der Waals surface area contributed by atoms with E-state index in [0.29, 0.717) is 10.6 Å². The maximum atomic E-state index is 13.0. The molecule has 25 heavy (non-hydrogen) atoms. The highest BCUT2D eigenvalue weighted by Crippen LogP contribution is 2.26. The monoisotopic (exact) mass is 372 g/mol. The van der Waals surface area contributed by atoms with E-state index in [1.165, 1.54) is 0 Å². The summed E-state index contributed by atoms with van der Waals surface area (Å²) in [5.74, 6) is 0.145. The number of carbonyl (C=O) groups is 1. The maximum absolute atomic E-state index is 13.0. The van der Waals surface area contributed by atoms with E-state index in [-0.39, 0.29) is 11.8 Å². The minimum atomic E-state index is -0.162. The summed E-state index contributed by atoms with van der Waals surface area (Å²) in [5, 5.41) is 1.55. The number of rotatable bonds is 3. The number of hydrogen-bond donors (Lipinski definition) is 0. The first-order valence-corrected chi connectivity index (χ1v) is 10.0. The molecular formula is C20H21ClN2OS. The van der Waals surface area contributed by atoms with Crippen LogP contribution in [0.5, 0.6) is 0 Å². The van der Waals surface area contributed by atoms with E-state index < -0.39 is 0 Å².